The van der Waals surface area contributed by atoms with Crippen LogP contribution in [0.2, 0.25) is 0 Å². The van der Waals surface area contributed by atoms with Gasteiger partial charge >= 0.3 is 0 Å². The largest absolute Gasteiger partial charge is 0.327 e. The number of aromatic amines is 1. The standard InChI is InChI=1S/C23H23N3OS/c1-3-16-9-11-17(12-10-16)14-26(2)15-21-24-22(27)19-13-20(28-23(19)25-21)18-7-5-4-6-8-18/h4-13H,3,14-15H2,1-2H3,(H,24,25,27)/p+1. The third-order valence-electron chi connectivity index (χ3n) is 4.92. The predicted octanol–water partition coefficient (Wildman–Crippen LogP) is 3.43. The molecule has 0 saturated heterocycles. The summed E-state index contributed by atoms with van der Waals surface area (Å²) in [6.45, 7) is 3.74. The number of hydrogen-bond donors (Lipinski definition) is 2. The van der Waals surface area contributed by atoms with Crippen molar-refractivity contribution in [2.24, 2.45) is 0 Å². The number of rotatable bonds is 6. The fraction of sp³-hybridized carbons (Fsp3) is 0.217. The summed E-state index contributed by atoms with van der Waals surface area (Å²) >= 11 is 1.57. The van der Waals surface area contributed by atoms with Crippen molar-refractivity contribution < 1.29 is 4.90 Å². The number of quaternary nitrogens is 1. The van der Waals surface area contributed by atoms with Crippen molar-refractivity contribution in [2.75, 3.05) is 7.05 Å². The fourth-order valence-corrected chi connectivity index (χ4v) is 4.45. The number of nitrogens with zero attached hydrogens (tertiary/aromatic N) is 1. The van der Waals surface area contributed by atoms with Crippen molar-refractivity contribution in [3.63, 3.8) is 0 Å². The van der Waals surface area contributed by atoms with Crippen molar-refractivity contribution in [3.05, 3.63) is 88.0 Å². The van der Waals surface area contributed by atoms with Crippen LogP contribution in [0.1, 0.15) is 23.9 Å². The van der Waals surface area contributed by atoms with E-state index in [1.54, 1.807) is 11.3 Å². The summed E-state index contributed by atoms with van der Waals surface area (Å²) in [5, 5.41) is 0.667. The Morgan fingerprint density at radius 3 is 2.43 bits per heavy atom. The molecule has 0 amide bonds. The minimum absolute atomic E-state index is 0.0569. The Kier molecular flexibility index (Phi) is 5.37. The van der Waals surface area contributed by atoms with E-state index in [0.29, 0.717) is 11.9 Å². The molecule has 28 heavy (non-hydrogen) atoms. The number of nitrogens with one attached hydrogen (secondary N) is 2. The van der Waals surface area contributed by atoms with E-state index in [4.69, 9.17) is 4.98 Å². The zero-order chi connectivity index (χ0) is 19.5. The molecule has 4 aromatic rings. The highest BCUT2D eigenvalue weighted by atomic mass is 32.1. The van der Waals surface area contributed by atoms with Gasteiger partial charge in [-0.15, -0.1) is 11.3 Å². The Balaban J connectivity index is 1.54. The molecule has 2 N–H and O–H groups in total. The van der Waals surface area contributed by atoms with Gasteiger partial charge < -0.3 is 9.88 Å². The van der Waals surface area contributed by atoms with E-state index >= 15 is 0 Å². The van der Waals surface area contributed by atoms with Crippen LogP contribution in [0.25, 0.3) is 20.7 Å². The number of aromatic nitrogens is 2. The van der Waals surface area contributed by atoms with E-state index in [1.807, 2.05) is 24.3 Å². The van der Waals surface area contributed by atoms with Crippen LogP contribution >= 0.6 is 11.3 Å². The molecule has 0 aliphatic heterocycles. The van der Waals surface area contributed by atoms with Crippen LogP contribution in [0.3, 0.4) is 0 Å². The molecular formula is C23H24N3OS+. The van der Waals surface area contributed by atoms with Crippen LogP contribution in [-0.4, -0.2) is 17.0 Å². The average molecular weight is 391 g/mol. The molecule has 1 atom stereocenters. The minimum atomic E-state index is -0.0569. The third-order valence-corrected chi connectivity index (χ3v) is 5.99. The third kappa shape index (κ3) is 4.06. The van der Waals surface area contributed by atoms with Crippen molar-refractivity contribution in [1.82, 2.24) is 9.97 Å². The zero-order valence-corrected chi connectivity index (χ0v) is 17.0. The summed E-state index contributed by atoms with van der Waals surface area (Å²) in [7, 11) is 2.13. The lowest BCUT2D eigenvalue weighted by atomic mass is 10.1. The Morgan fingerprint density at radius 2 is 1.71 bits per heavy atom. The normalized spacial score (nSPS) is 12.4. The van der Waals surface area contributed by atoms with Gasteiger partial charge in [-0.2, -0.15) is 0 Å². The lowest BCUT2D eigenvalue weighted by Gasteiger charge is -2.13. The average Bonchev–Trinajstić information content (AvgIpc) is 3.14. The van der Waals surface area contributed by atoms with E-state index in [-0.39, 0.29) is 5.56 Å². The van der Waals surface area contributed by atoms with Gasteiger partial charge in [0.25, 0.3) is 5.56 Å². The highest BCUT2D eigenvalue weighted by Crippen LogP contribution is 2.30. The van der Waals surface area contributed by atoms with Crippen LogP contribution < -0.4 is 10.5 Å². The summed E-state index contributed by atoms with van der Waals surface area (Å²) < 4.78 is 0. The van der Waals surface area contributed by atoms with E-state index in [2.05, 4.69) is 55.4 Å². The fourth-order valence-electron chi connectivity index (χ4n) is 3.39. The maximum Gasteiger partial charge on any atom is 0.259 e. The van der Waals surface area contributed by atoms with Gasteiger partial charge in [-0.05, 0) is 23.6 Å². The van der Waals surface area contributed by atoms with E-state index in [9.17, 15) is 4.79 Å². The molecule has 5 heteroatoms. The second-order valence-electron chi connectivity index (χ2n) is 7.19. The molecule has 0 aliphatic carbocycles. The molecule has 2 aromatic heterocycles. The molecular weight excluding hydrogens is 366 g/mol. The lowest BCUT2D eigenvalue weighted by Crippen LogP contribution is -3.06. The lowest BCUT2D eigenvalue weighted by molar-refractivity contribution is -0.908. The second kappa shape index (κ2) is 8.09. The Labute approximate surface area is 168 Å². The van der Waals surface area contributed by atoms with Gasteiger partial charge in [-0.1, -0.05) is 61.5 Å². The van der Waals surface area contributed by atoms with Gasteiger partial charge in [-0.3, -0.25) is 4.79 Å². The van der Waals surface area contributed by atoms with Crippen molar-refractivity contribution in [2.45, 2.75) is 26.4 Å². The number of hydrogen-bond acceptors (Lipinski definition) is 3. The van der Waals surface area contributed by atoms with E-state index < -0.39 is 0 Å². The second-order valence-corrected chi connectivity index (χ2v) is 8.22. The maximum atomic E-state index is 12.6. The monoisotopic (exact) mass is 390 g/mol. The van der Waals surface area contributed by atoms with Gasteiger partial charge in [-0.25, -0.2) is 4.98 Å². The number of H-pyrrole nitrogens is 1. The first kappa shape index (κ1) is 18.6. The molecule has 2 aromatic carbocycles. The Bertz CT molecular complexity index is 1130. The number of thiophene rings is 1. The summed E-state index contributed by atoms with van der Waals surface area (Å²) in [5.74, 6) is 0.738. The van der Waals surface area contributed by atoms with Gasteiger partial charge in [0.15, 0.2) is 5.82 Å². The molecule has 0 bridgehead atoms. The summed E-state index contributed by atoms with van der Waals surface area (Å²) in [4.78, 5) is 23.4. The smallest absolute Gasteiger partial charge is 0.259 e. The van der Waals surface area contributed by atoms with E-state index in [0.717, 1.165) is 34.1 Å². The number of aryl methyl sites for hydroxylation is 1. The minimum Gasteiger partial charge on any atom is -0.327 e. The maximum absolute atomic E-state index is 12.6. The van der Waals surface area contributed by atoms with Gasteiger partial charge in [0, 0.05) is 10.4 Å². The Hall–Kier alpha value is -2.76. The predicted molar refractivity (Wildman–Crippen MR) is 116 cm³/mol. The molecule has 0 spiro atoms. The molecule has 2 heterocycles. The van der Waals surface area contributed by atoms with Gasteiger partial charge in [0.1, 0.15) is 17.9 Å². The first-order valence-corrected chi connectivity index (χ1v) is 10.4. The van der Waals surface area contributed by atoms with Crippen molar-refractivity contribution >= 4 is 21.6 Å². The van der Waals surface area contributed by atoms with Crippen LogP contribution in [0, 0.1) is 0 Å². The van der Waals surface area contributed by atoms with Crippen molar-refractivity contribution in [3.8, 4) is 10.4 Å². The highest BCUT2D eigenvalue weighted by molar-refractivity contribution is 7.21. The van der Waals surface area contributed by atoms with Crippen LogP contribution in [0.4, 0.5) is 0 Å². The molecule has 142 valence electrons. The van der Waals surface area contributed by atoms with Crippen LogP contribution in [0.5, 0.6) is 0 Å². The van der Waals surface area contributed by atoms with Gasteiger partial charge in [0.05, 0.1) is 12.4 Å². The molecule has 0 saturated carbocycles. The molecule has 0 fully saturated rings. The number of benzene rings is 2. The van der Waals surface area contributed by atoms with Crippen LogP contribution in [0.15, 0.2) is 65.5 Å². The quantitative estimate of drug-likeness (QED) is 0.530. The molecule has 0 aliphatic rings. The summed E-state index contributed by atoms with van der Waals surface area (Å²) in [6, 6.07) is 20.8. The first-order chi connectivity index (χ1) is 13.6. The highest BCUT2D eigenvalue weighted by Gasteiger charge is 2.13. The molecule has 4 rings (SSSR count). The van der Waals surface area contributed by atoms with E-state index in [1.165, 1.54) is 16.0 Å². The Morgan fingerprint density at radius 1 is 1.00 bits per heavy atom. The SMILES string of the molecule is CCc1ccc(C[NH+](C)Cc2nc3sc(-c4ccccc4)cc3c(=O)[nH]2)cc1. The van der Waals surface area contributed by atoms with Gasteiger partial charge in [0.2, 0.25) is 0 Å². The molecule has 0 radical (unpaired) electrons. The molecule has 4 nitrogen and oxygen atoms in total. The summed E-state index contributed by atoms with van der Waals surface area (Å²) in [5.41, 5.74) is 3.70. The summed E-state index contributed by atoms with van der Waals surface area (Å²) in [6.07, 6.45) is 1.06. The molecule has 1 unspecified atom stereocenters. The topological polar surface area (TPSA) is 50.2 Å². The number of fused-ring (bicyclic) bond motifs is 1. The van der Waals surface area contributed by atoms with Crippen molar-refractivity contribution in [1.29, 1.82) is 0 Å². The zero-order valence-electron chi connectivity index (χ0n) is 16.2. The first-order valence-electron chi connectivity index (χ1n) is 9.59. The van der Waals surface area contributed by atoms with Crippen LogP contribution in [-0.2, 0) is 19.5 Å².